The number of rotatable bonds is 4. The molecule has 0 saturated carbocycles. The Labute approximate surface area is 165 Å². The fourth-order valence-electron chi connectivity index (χ4n) is 3.86. The van der Waals surface area contributed by atoms with Crippen molar-refractivity contribution in [1.82, 2.24) is 20.1 Å². The summed E-state index contributed by atoms with van der Waals surface area (Å²) < 4.78 is 1.85. The van der Waals surface area contributed by atoms with Gasteiger partial charge >= 0.3 is 0 Å². The van der Waals surface area contributed by atoms with Gasteiger partial charge in [0.15, 0.2) is 5.65 Å². The monoisotopic (exact) mass is 377 g/mol. The minimum atomic E-state index is -0.193. The molecule has 1 aromatic carbocycles. The molecule has 0 fully saturated rings. The number of nitrogens with one attached hydrogen (secondary N) is 2. The molecule has 146 valence electrons. The third-order valence-corrected chi connectivity index (χ3v) is 5.10. The molecule has 0 unspecified atom stereocenters. The molecule has 4 rings (SSSR count). The first-order valence-electron chi connectivity index (χ1n) is 9.86. The van der Waals surface area contributed by atoms with Gasteiger partial charge in [-0.05, 0) is 51.7 Å². The van der Waals surface area contributed by atoms with Crippen LogP contribution < -0.4 is 10.6 Å². The molecule has 0 radical (unpaired) electrons. The lowest BCUT2D eigenvalue weighted by atomic mass is 10.1. The molecule has 2 heterocycles. The summed E-state index contributed by atoms with van der Waals surface area (Å²) in [6.45, 7) is 9.01. The van der Waals surface area contributed by atoms with Gasteiger partial charge in [0, 0.05) is 24.3 Å². The van der Waals surface area contributed by atoms with Gasteiger partial charge < -0.3 is 10.6 Å². The number of hydrogen-bond acceptors (Lipinski definition) is 4. The summed E-state index contributed by atoms with van der Waals surface area (Å²) in [5, 5.41) is 12.0. The molecule has 6 nitrogen and oxygen atoms in total. The fraction of sp³-hybridized carbons (Fsp3) is 0.409. The van der Waals surface area contributed by atoms with Gasteiger partial charge in [-0.15, -0.1) is 0 Å². The van der Waals surface area contributed by atoms with Gasteiger partial charge in [0.25, 0.3) is 5.91 Å². The van der Waals surface area contributed by atoms with Gasteiger partial charge in [0.2, 0.25) is 0 Å². The van der Waals surface area contributed by atoms with Crippen molar-refractivity contribution in [1.29, 1.82) is 0 Å². The molecule has 2 aromatic heterocycles. The predicted molar refractivity (Wildman–Crippen MR) is 112 cm³/mol. The number of anilines is 1. The fourth-order valence-corrected chi connectivity index (χ4v) is 3.86. The van der Waals surface area contributed by atoms with E-state index < -0.39 is 0 Å². The number of aromatic nitrogens is 3. The summed E-state index contributed by atoms with van der Waals surface area (Å²) in [4.78, 5) is 17.7. The topological polar surface area (TPSA) is 71.8 Å². The lowest BCUT2D eigenvalue weighted by Gasteiger charge is -2.25. The van der Waals surface area contributed by atoms with Crippen LogP contribution in [0.15, 0.2) is 36.7 Å². The zero-order chi connectivity index (χ0) is 19.9. The molecule has 0 spiro atoms. The Balaban J connectivity index is 1.65. The zero-order valence-corrected chi connectivity index (χ0v) is 16.9. The molecule has 0 aliphatic heterocycles. The van der Waals surface area contributed by atoms with Crippen LogP contribution in [-0.2, 0) is 19.4 Å². The van der Waals surface area contributed by atoms with Crippen LogP contribution >= 0.6 is 0 Å². The van der Waals surface area contributed by atoms with Crippen molar-refractivity contribution < 1.29 is 4.79 Å². The normalized spacial score (nSPS) is 14.3. The maximum atomic E-state index is 13.2. The van der Waals surface area contributed by atoms with Gasteiger partial charge in [-0.3, -0.25) is 4.79 Å². The van der Waals surface area contributed by atoms with Crippen LogP contribution in [0, 0.1) is 0 Å². The first kappa shape index (κ1) is 18.5. The van der Waals surface area contributed by atoms with Crippen molar-refractivity contribution >= 4 is 22.6 Å². The number of aryl methyl sites for hydroxylation is 1. The first-order valence-corrected chi connectivity index (χ1v) is 9.86. The highest BCUT2D eigenvalue weighted by molar-refractivity contribution is 6.06. The minimum absolute atomic E-state index is 0.0943. The molecule has 0 bridgehead atoms. The van der Waals surface area contributed by atoms with E-state index in [1.807, 2.05) is 11.6 Å². The number of pyridine rings is 1. The van der Waals surface area contributed by atoms with E-state index in [2.05, 4.69) is 65.8 Å². The smallest absolute Gasteiger partial charge is 0.255 e. The second-order valence-electron chi connectivity index (χ2n) is 8.47. The number of fused-ring (bicyclic) bond motifs is 2. The number of carbonyl (C=O) groups excluding carboxylic acids is 1. The van der Waals surface area contributed by atoms with Gasteiger partial charge in [0.1, 0.15) is 0 Å². The molecular formula is C22H27N5O. The van der Waals surface area contributed by atoms with Crippen LogP contribution in [0.5, 0.6) is 0 Å². The number of hydrogen-bond donors (Lipinski definition) is 2. The van der Waals surface area contributed by atoms with Crippen LogP contribution in [0.1, 0.15) is 49.2 Å². The van der Waals surface area contributed by atoms with Crippen molar-refractivity contribution in [2.75, 3.05) is 5.32 Å². The van der Waals surface area contributed by atoms with Crippen molar-refractivity contribution in [2.45, 2.75) is 58.7 Å². The Morgan fingerprint density at radius 3 is 2.46 bits per heavy atom. The molecule has 3 aromatic rings. The van der Waals surface area contributed by atoms with Gasteiger partial charge in [-0.1, -0.05) is 24.3 Å². The molecule has 1 aliphatic carbocycles. The largest absolute Gasteiger partial charge is 0.379 e. The van der Waals surface area contributed by atoms with Crippen LogP contribution in [-0.4, -0.2) is 32.3 Å². The molecule has 1 amide bonds. The van der Waals surface area contributed by atoms with Gasteiger partial charge in [0.05, 0.1) is 22.8 Å². The maximum absolute atomic E-state index is 13.2. The third-order valence-electron chi connectivity index (χ3n) is 5.10. The van der Waals surface area contributed by atoms with E-state index in [1.54, 1.807) is 12.4 Å². The summed E-state index contributed by atoms with van der Waals surface area (Å²) >= 11 is 0. The molecular weight excluding hydrogens is 350 g/mol. The standard InChI is InChI=1S/C22H27N5O/c1-5-27-20-17(13-24-27)19(26-22(2,3)4)18(12-23-20)21(28)25-16-10-14-8-6-7-9-15(14)11-16/h6-9,12-13,16H,5,10-11H2,1-4H3,(H,23,26)(H,25,28). The van der Waals surface area contributed by atoms with Crippen LogP contribution in [0.3, 0.4) is 0 Å². The van der Waals surface area contributed by atoms with E-state index in [1.165, 1.54) is 11.1 Å². The highest BCUT2D eigenvalue weighted by atomic mass is 16.1. The highest BCUT2D eigenvalue weighted by Gasteiger charge is 2.26. The third kappa shape index (κ3) is 3.46. The van der Waals surface area contributed by atoms with E-state index in [4.69, 9.17) is 0 Å². The lowest BCUT2D eigenvalue weighted by molar-refractivity contribution is 0.0939. The van der Waals surface area contributed by atoms with E-state index in [9.17, 15) is 4.79 Å². The zero-order valence-electron chi connectivity index (χ0n) is 16.9. The number of amides is 1. The summed E-state index contributed by atoms with van der Waals surface area (Å²) in [5.74, 6) is -0.0943. The van der Waals surface area contributed by atoms with E-state index in [0.717, 1.165) is 36.1 Å². The number of carbonyl (C=O) groups is 1. The van der Waals surface area contributed by atoms with E-state index in [-0.39, 0.29) is 17.5 Å². The molecule has 0 atom stereocenters. The average molecular weight is 377 g/mol. The molecule has 1 aliphatic rings. The second-order valence-corrected chi connectivity index (χ2v) is 8.47. The Kier molecular flexibility index (Phi) is 4.57. The predicted octanol–water partition coefficient (Wildman–Crippen LogP) is 3.56. The van der Waals surface area contributed by atoms with Crippen molar-refractivity contribution in [3.63, 3.8) is 0 Å². The van der Waals surface area contributed by atoms with E-state index in [0.29, 0.717) is 5.56 Å². The minimum Gasteiger partial charge on any atom is -0.379 e. The van der Waals surface area contributed by atoms with Crippen molar-refractivity contribution in [3.8, 4) is 0 Å². The highest BCUT2D eigenvalue weighted by Crippen LogP contribution is 2.29. The summed E-state index contributed by atoms with van der Waals surface area (Å²) in [5.41, 5.74) is 4.59. The number of nitrogens with zero attached hydrogens (tertiary/aromatic N) is 3. The molecule has 28 heavy (non-hydrogen) atoms. The molecule has 0 saturated heterocycles. The second kappa shape index (κ2) is 6.93. The van der Waals surface area contributed by atoms with Gasteiger partial charge in [-0.2, -0.15) is 5.10 Å². The Morgan fingerprint density at radius 1 is 1.18 bits per heavy atom. The Morgan fingerprint density at radius 2 is 1.86 bits per heavy atom. The van der Waals surface area contributed by atoms with Crippen molar-refractivity contribution in [3.05, 3.63) is 53.3 Å². The Hall–Kier alpha value is -2.89. The SMILES string of the molecule is CCn1ncc2c(NC(C)(C)C)c(C(=O)NC3Cc4ccccc4C3)cnc21. The summed E-state index contributed by atoms with van der Waals surface area (Å²) in [7, 11) is 0. The quantitative estimate of drug-likeness (QED) is 0.729. The molecule has 6 heteroatoms. The van der Waals surface area contributed by atoms with E-state index >= 15 is 0 Å². The maximum Gasteiger partial charge on any atom is 0.255 e. The van der Waals surface area contributed by atoms with Crippen LogP contribution in [0.25, 0.3) is 11.0 Å². The van der Waals surface area contributed by atoms with Gasteiger partial charge in [-0.25, -0.2) is 9.67 Å². The first-order chi connectivity index (χ1) is 13.4. The number of benzene rings is 1. The summed E-state index contributed by atoms with van der Waals surface area (Å²) in [6, 6.07) is 8.50. The lowest BCUT2D eigenvalue weighted by Crippen LogP contribution is -2.36. The average Bonchev–Trinajstić information content (AvgIpc) is 3.23. The van der Waals surface area contributed by atoms with Crippen LogP contribution in [0.2, 0.25) is 0 Å². The summed E-state index contributed by atoms with van der Waals surface area (Å²) in [6.07, 6.45) is 5.20. The van der Waals surface area contributed by atoms with Crippen molar-refractivity contribution in [2.24, 2.45) is 0 Å². The van der Waals surface area contributed by atoms with Crippen LogP contribution in [0.4, 0.5) is 5.69 Å². The molecule has 2 N–H and O–H groups in total. The Bertz CT molecular complexity index is 1010.